The summed E-state index contributed by atoms with van der Waals surface area (Å²) in [4.78, 5) is 13.3. The summed E-state index contributed by atoms with van der Waals surface area (Å²) in [6.07, 6.45) is 1.90. The maximum Gasteiger partial charge on any atom is 0.340 e. The minimum Gasteiger partial charge on any atom is -0.465 e. The van der Waals surface area contributed by atoms with Crippen molar-refractivity contribution in [3.05, 3.63) is 29.1 Å². The molecule has 1 aromatic rings. The Morgan fingerprint density at radius 2 is 2.25 bits per heavy atom. The lowest BCUT2D eigenvalue weighted by Crippen LogP contribution is -2.25. The van der Waals surface area contributed by atoms with Crippen molar-refractivity contribution in [3.8, 4) is 0 Å². The van der Waals surface area contributed by atoms with Crippen LogP contribution in [0.5, 0.6) is 0 Å². The highest BCUT2D eigenvalue weighted by Gasteiger charge is 2.20. The summed E-state index contributed by atoms with van der Waals surface area (Å²) in [7, 11) is 3.18. The molecule has 0 amide bonds. The van der Waals surface area contributed by atoms with E-state index in [1.165, 1.54) is 13.2 Å². The number of hydrogen-bond donors (Lipinski definition) is 0. The fourth-order valence-corrected chi connectivity index (χ4v) is 2.06. The summed E-state index contributed by atoms with van der Waals surface area (Å²) in [6.45, 7) is 0.921. The van der Waals surface area contributed by atoms with Crippen molar-refractivity contribution in [1.29, 1.82) is 0 Å². The van der Waals surface area contributed by atoms with Gasteiger partial charge in [0, 0.05) is 19.3 Å². The van der Waals surface area contributed by atoms with Crippen molar-refractivity contribution in [2.45, 2.75) is 12.8 Å². The fraction of sp³-hybridized carbons (Fsp3) is 0.417. The maximum absolute atomic E-state index is 13.7. The van der Waals surface area contributed by atoms with Crippen LogP contribution in [0.3, 0.4) is 0 Å². The highest BCUT2D eigenvalue weighted by Crippen LogP contribution is 2.28. The van der Waals surface area contributed by atoms with Gasteiger partial charge in [-0.15, -0.1) is 0 Å². The van der Waals surface area contributed by atoms with Crippen LogP contribution in [-0.2, 0) is 11.2 Å². The van der Waals surface area contributed by atoms with E-state index in [0.717, 1.165) is 30.6 Å². The Morgan fingerprint density at radius 1 is 1.50 bits per heavy atom. The average molecular weight is 223 g/mol. The molecule has 0 radical (unpaired) electrons. The number of nitrogens with zero attached hydrogens (tertiary/aromatic N) is 1. The van der Waals surface area contributed by atoms with E-state index in [-0.39, 0.29) is 5.56 Å². The molecule has 0 N–H and O–H groups in total. The summed E-state index contributed by atoms with van der Waals surface area (Å²) in [6, 6.07) is 3.02. The average Bonchev–Trinajstić information content (AvgIpc) is 2.29. The molecule has 0 spiro atoms. The van der Waals surface area contributed by atoms with Crippen LogP contribution in [0.1, 0.15) is 22.3 Å². The normalized spacial score (nSPS) is 14.6. The standard InChI is InChI=1S/C12H14FNO2/c1-14-5-3-4-8-6-9(12(15)16-2)10(13)7-11(8)14/h6-7H,3-5H2,1-2H3. The quantitative estimate of drug-likeness (QED) is 0.682. The zero-order valence-corrected chi connectivity index (χ0v) is 9.42. The van der Waals surface area contributed by atoms with Crippen molar-refractivity contribution in [2.24, 2.45) is 0 Å². The molecular weight excluding hydrogens is 209 g/mol. The number of esters is 1. The first-order chi connectivity index (χ1) is 7.63. The second-order valence-electron chi connectivity index (χ2n) is 3.98. The number of fused-ring (bicyclic) bond motifs is 1. The molecule has 2 rings (SSSR count). The summed E-state index contributed by atoms with van der Waals surface area (Å²) in [5.41, 5.74) is 1.91. The van der Waals surface area contributed by atoms with Gasteiger partial charge in [-0.05, 0) is 30.5 Å². The molecule has 4 heteroatoms. The lowest BCUT2D eigenvalue weighted by atomic mass is 9.99. The van der Waals surface area contributed by atoms with Crippen LogP contribution in [0, 0.1) is 5.82 Å². The molecule has 1 aliphatic heterocycles. The van der Waals surface area contributed by atoms with E-state index < -0.39 is 11.8 Å². The number of aryl methyl sites for hydroxylation is 1. The molecule has 0 saturated carbocycles. The van der Waals surface area contributed by atoms with Crippen LogP contribution >= 0.6 is 0 Å². The highest BCUT2D eigenvalue weighted by molar-refractivity contribution is 5.90. The van der Waals surface area contributed by atoms with E-state index in [1.807, 2.05) is 11.9 Å². The van der Waals surface area contributed by atoms with Crippen molar-refractivity contribution in [2.75, 3.05) is 25.6 Å². The second kappa shape index (κ2) is 4.12. The van der Waals surface area contributed by atoms with E-state index in [0.29, 0.717) is 0 Å². The lowest BCUT2D eigenvalue weighted by Gasteiger charge is -2.27. The Hall–Kier alpha value is -1.58. The van der Waals surface area contributed by atoms with Gasteiger partial charge < -0.3 is 9.64 Å². The summed E-state index contributed by atoms with van der Waals surface area (Å²) in [5, 5.41) is 0. The largest absolute Gasteiger partial charge is 0.465 e. The van der Waals surface area contributed by atoms with Gasteiger partial charge in [-0.3, -0.25) is 0 Å². The van der Waals surface area contributed by atoms with E-state index >= 15 is 0 Å². The van der Waals surface area contributed by atoms with Crippen LogP contribution in [-0.4, -0.2) is 26.7 Å². The second-order valence-corrected chi connectivity index (χ2v) is 3.98. The number of hydrogen-bond acceptors (Lipinski definition) is 3. The monoisotopic (exact) mass is 223 g/mol. The smallest absolute Gasteiger partial charge is 0.340 e. The minimum atomic E-state index is -0.617. The third kappa shape index (κ3) is 1.75. The molecule has 0 saturated heterocycles. The molecule has 1 heterocycles. The van der Waals surface area contributed by atoms with Gasteiger partial charge in [0.15, 0.2) is 0 Å². The molecule has 0 atom stereocenters. The molecule has 0 aromatic heterocycles. The molecule has 3 nitrogen and oxygen atoms in total. The number of ether oxygens (including phenoxy) is 1. The Labute approximate surface area is 93.8 Å². The molecule has 0 aliphatic carbocycles. The van der Waals surface area contributed by atoms with E-state index in [2.05, 4.69) is 4.74 Å². The first-order valence-electron chi connectivity index (χ1n) is 5.25. The molecule has 16 heavy (non-hydrogen) atoms. The summed E-state index contributed by atoms with van der Waals surface area (Å²) < 4.78 is 18.2. The summed E-state index contributed by atoms with van der Waals surface area (Å²) >= 11 is 0. The van der Waals surface area contributed by atoms with Crippen molar-refractivity contribution >= 4 is 11.7 Å². The Bertz CT molecular complexity index is 431. The van der Waals surface area contributed by atoms with Crippen LogP contribution in [0.25, 0.3) is 0 Å². The van der Waals surface area contributed by atoms with Crippen molar-refractivity contribution < 1.29 is 13.9 Å². The first kappa shape index (κ1) is 10.9. The number of rotatable bonds is 1. The summed E-state index contributed by atoms with van der Waals surface area (Å²) in [5.74, 6) is -1.13. The predicted molar refractivity (Wildman–Crippen MR) is 59.3 cm³/mol. The Kier molecular flexibility index (Phi) is 2.81. The number of benzene rings is 1. The first-order valence-corrected chi connectivity index (χ1v) is 5.25. The number of anilines is 1. The molecule has 0 bridgehead atoms. The third-order valence-electron chi connectivity index (χ3n) is 2.92. The van der Waals surface area contributed by atoms with Crippen LogP contribution in [0.15, 0.2) is 12.1 Å². The molecule has 0 unspecified atom stereocenters. The molecular formula is C12H14FNO2. The number of carbonyl (C=O) groups excluding carboxylic acids is 1. The van der Waals surface area contributed by atoms with Crippen molar-refractivity contribution in [1.82, 2.24) is 0 Å². The molecule has 1 aromatic carbocycles. The van der Waals surface area contributed by atoms with Gasteiger partial charge in [-0.1, -0.05) is 0 Å². The topological polar surface area (TPSA) is 29.5 Å². The zero-order valence-electron chi connectivity index (χ0n) is 9.42. The number of methoxy groups -OCH3 is 1. The van der Waals surface area contributed by atoms with Crippen LogP contribution in [0.4, 0.5) is 10.1 Å². The van der Waals surface area contributed by atoms with E-state index in [9.17, 15) is 9.18 Å². The number of halogens is 1. The van der Waals surface area contributed by atoms with E-state index in [1.54, 1.807) is 6.07 Å². The zero-order chi connectivity index (χ0) is 11.7. The van der Waals surface area contributed by atoms with Gasteiger partial charge in [0.2, 0.25) is 0 Å². The van der Waals surface area contributed by atoms with Crippen LogP contribution < -0.4 is 4.90 Å². The van der Waals surface area contributed by atoms with Gasteiger partial charge in [0.05, 0.1) is 12.7 Å². The third-order valence-corrected chi connectivity index (χ3v) is 2.92. The van der Waals surface area contributed by atoms with Gasteiger partial charge >= 0.3 is 5.97 Å². The van der Waals surface area contributed by atoms with Crippen LogP contribution in [0.2, 0.25) is 0 Å². The van der Waals surface area contributed by atoms with Gasteiger partial charge in [0.25, 0.3) is 0 Å². The fourth-order valence-electron chi connectivity index (χ4n) is 2.06. The predicted octanol–water partition coefficient (Wildman–Crippen LogP) is 1.99. The number of carbonyl (C=O) groups is 1. The molecule has 1 aliphatic rings. The van der Waals surface area contributed by atoms with Gasteiger partial charge in [0.1, 0.15) is 5.82 Å². The Morgan fingerprint density at radius 3 is 2.94 bits per heavy atom. The minimum absolute atomic E-state index is 0.0246. The molecule has 86 valence electrons. The Balaban J connectivity index is 2.48. The van der Waals surface area contributed by atoms with Gasteiger partial charge in [-0.25, -0.2) is 9.18 Å². The van der Waals surface area contributed by atoms with Crippen molar-refractivity contribution in [3.63, 3.8) is 0 Å². The maximum atomic E-state index is 13.7. The lowest BCUT2D eigenvalue weighted by molar-refractivity contribution is 0.0595. The van der Waals surface area contributed by atoms with Gasteiger partial charge in [-0.2, -0.15) is 0 Å². The SMILES string of the molecule is COC(=O)c1cc2c(cc1F)N(C)CCC2. The highest BCUT2D eigenvalue weighted by atomic mass is 19.1. The van der Waals surface area contributed by atoms with E-state index in [4.69, 9.17) is 0 Å². The molecule has 0 fully saturated rings.